The minimum atomic E-state index is -3.14. The maximum Gasteiger partial charge on any atom is 0.225 e. The Hall–Kier alpha value is -2.23. The van der Waals surface area contributed by atoms with Crippen LogP contribution in [0.1, 0.15) is 12.1 Å². The summed E-state index contributed by atoms with van der Waals surface area (Å²) in [7, 11) is -3.14. The van der Waals surface area contributed by atoms with E-state index in [-0.39, 0.29) is 0 Å². The van der Waals surface area contributed by atoms with Crippen LogP contribution in [0.15, 0.2) is 36.8 Å². The smallest absolute Gasteiger partial charge is 0.225 e. The van der Waals surface area contributed by atoms with Crippen LogP contribution in [-0.2, 0) is 10.0 Å². The molecule has 2 aromatic rings. The first-order chi connectivity index (χ1) is 14.9. The van der Waals surface area contributed by atoms with E-state index in [2.05, 4.69) is 19.9 Å². The topological polar surface area (TPSA) is 88.5 Å². The number of fused-ring (bicyclic) bond motifs is 1. The van der Waals surface area contributed by atoms with E-state index in [0.717, 1.165) is 36.1 Å². The maximum atomic E-state index is 11.6. The first-order valence-electron chi connectivity index (χ1n) is 10.3. The third-order valence-corrected chi connectivity index (χ3v) is 7.87. The minimum absolute atomic E-state index is 0.399. The maximum absolute atomic E-state index is 11.6. The summed E-state index contributed by atoms with van der Waals surface area (Å²) in [4.78, 5) is 15.3. The average Bonchev–Trinajstić information content (AvgIpc) is 3.21. The van der Waals surface area contributed by atoms with Crippen LogP contribution >= 0.6 is 11.6 Å². The van der Waals surface area contributed by atoms with Crippen LogP contribution in [0.2, 0.25) is 5.02 Å². The van der Waals surface area contributed by atoms with Crippen LogP contribution in [-0.4, -0.2) is 66.7 Å². The lowest BCUT2D eigenvalue weighted by atomic mass is 10.1. The summed E-state index contributed by atoms with van der Waals surface area (Å²) in [5.41, 5.74) is 1.95. The summed E-state index contributed by atoms with van der Waals surface area (Å²) in [6, 6.07) is 3.89. The normalized spacial score (nSPS) is 25.8. The molecule has 5 rings (SSSR count). The highest BCUT2D eigenvalue weighted by atomic mass is 35.5. The third-order valence-electron chi connectivity index (χ3n) is 6.41. The number of rotatable bonds is 6. The Morgan fingerprint density at radius 2 is 1.87 bits per heavy atom. The Morgan fingerprint density at radius 3 is 2.45 bits per heavy atom. The number of hydrogen-bond donors (Lipinski definition) is 0. The van der Waals surface area contributed by atoms with Crippen LogP contribution in [0.3, 0.4) is 0 Å². The number of sulfonamides is 1. The zero-order chi connectivity index (χ0) is 21.6. The van der Waals surface area contributed by atoms with Gasteiger partial charge in [-0.15, -0.1) is 0 Å². The van der Waals surface area contributed by atoms with E-state index in [4.69, 9.17) is 16.3 Å². The Labute approximate surface area is 187 Å². The predicted octanol–water partition coefficient (Wildman–Crippen LogP) is 2.33. The molecule has 0 aromatic carbocycles. The molecular weight excluding hydrogens is 438 g/mol. The van der Waals surface area contributed by atoms with E-state index in [1.807, 2.05) is 18.2 Å². The SMILES string of the molecule is CS(=O)(=O)N1CC=C(c2ccc(OCC3[C@H]4CN(c5ncc(Cl)cn5)C[C@@H]34)cn2)CC1. The largest absolute Gasteiger partial charge is 0.492 e. The molecule has 2 aliphatic heterocycles. The average molecular weight is 462 g/mol. The molecule has 10 heteroatoms. The summed E-state index contributed by atoms with van der Waals surface area (Å²) in [5.74, 6) is 3.31. The molecule has 1 unspecified atom stereocenters. The first-order valence-corrected chi connectivity index (χ1v) is 12.6. The molecule has 3 aliphatic rings. The monoisotopic (exact) mass is 461 g/mol. The predicted molar refractivity (Wildman–Crippen MR) is 118 cm³/mol. The van der Waals surface area contributed by atoms with Crippen molar-refractivity contribution in [2.45, 2.75) is 6.42 Å². The molecular formula is C21H24ClN5O3S. The van der Waals surface area contributed by atoms with Crippen molar-refractivity contribution >= 4 is 33.1 Å². The van der Waals surface area contributed by atoms with E-state index in [9.17, 15) is 8.42 Å². The highest BCUT2D eigenvalue weighted by Gasteiger charge is 2.56. The lowest BCUT2D eigenvalue weighted by Crippen LogP contribution is -2.33. The van der Waals surface area contributed by atoms with Crippen molar-refractivity contribution in [3.05, 3.63) is 47.5 Å². The van der Waals surface area contributed by atoms with Crippen molar-refractivity contribution in [2.75, 3.05) is 43.9 Å². The second-order valence-electron chi connectivity index (χ2n) is 8.39. The molecule has 4 heterocycles. The molecule has 0 bridgehead atoms. The van der Waals surface area contributed by atoms with Crippen LogP contribution < -0.4 is 9.64 Å². The van der Waals surface area contributed by atoms with Gasteiger partial charge in [0.25, 0.3) is 0 Å². The number of pyridine rings is 1. The molecule has 31 heavy (non-hydrogen) atoms. The number of ether oxygens (including phenoxy) is 1. The minimum Gasteiger partial charge on any atom is -0.492 e. The quantitative estimate of drug-likeness (QED) is 0.652. The van der Waals surface area contributed by atoms with Crippen LogP contribution in [0.5, 0.6) is 5.75 Å². The zero-order valence-electron chi connectivity index (χ0n) is 17.2. The fraction of sp³-hybridized carbons (Fsp3) is 0.476. The van der Waals surface area contributed by atoms with Crippen molar-refractivity contribution in [1.82, 2.24) is 19.3 Å². The van der Waals surface area contributed by atoms with Gasteiger partial charge < -0.3 is 9.64 Å². The van der Waals surface area contributed by atoms with E-state index in [0.29, 0.717) is 48.9 Å². The van der Waals surface area contributed by atoms with Crippen molar-refractivity contribution in [3.63, 3.8) is 0 Å². The van der Waals surface area contributed by atoms with E-state index < -0.39 is 10.0 Å². The Balaban J connectivity index is 1.11. The van der Waals surface area contributed by atoms with Gasteiger partial charge in [-0.05, 0) is 36.0 Å². The van der Waals surface area contributed by atoms with Crippen molar-refractivity contribution < 1.29 is 13.2 Å². The van der Waals surface area contributed by atoms with Gasteiger partial charge in [-0.1, -0.05) is 17.7 Å². The summed E-state index contributed by atoms with van der Waals surface area (Å²) >= 11 is 5.86. The Kier molecular flexibility index (Phi) is 5.35. The molecule has 2 aromatic heterocycles. The number of aromatic nitrogens is 3. The standard InChI is InChI=1S/C21H24ClN5O3S/c1-31(28,29)27-6-4-14(5-7-27)20-3-2-16(10-23-20)30-13-19-17-11-26(12-18(17)19)21-24-8-15(22)9-25-21/h2-4,8-10,17-19H,5-7,11-13H2,1H3/t17-,18+,19?. The van der Waals surface area contributed by atoms with Crippen molar-refractivity contribution in [2.24, 2.45) is 17.8 Å². The van der Waals surface area contributed by atoms with Crippen LogP contribution in [0.4, 0.5) is 5.95 Å². The number of hydrogen-bond acceptors (Lipinski definition) is 7. The van der Waals surface area contributed by atoms with E-state index in [1.165, 1.54) is 10.6 Å². The number of piperidine rings is 1. The summed E-state index contributed by atoms with van der Waals surface area (Å²) in [5, 5.41) is 0.551. The summed E-state index contributed by atoms with van der Waals surface area (Å²) in [6.07, 6.45) is 8.87. The number of anilines is 1. The molecule has 164 valence electrons. The third kappa shape index (κ3) is 4.40. The van der Waals surface area contributed by atoms with Gasteiger partial charge in [-0.3, -0.25) is 4.98 Å². The van der Waals surface area contributed by atoms with Gasteiger partial charge in [0, 0.05) is 32.1 Å². The van der Waals surface area contributed by atoms with Gasteiger partial charge in [-0.2, -0.15) is 4.31 Å². The molecule has 0 spiro atoms. The molecule has 1 saturated heterocycles. The van der Waals surface area contributed by atoms with Gasteiger partial charge in [-0.25, -0.2) is 18.4 Å². The van der Waals surface area contributed by atoms with Crippen molar-refractivity contribution in [1.29, 1.82) is 0 Å². The fourth-order valence-corrected chi connectivity index (χ4v) is 5.43. The molecule has 3 atom stereocenters. The van der Waals surface area contributed by atoms with Crippen molar-refractivity contribution in [3.8, 4) is 5.75 Å². The lowest BCUT2D eigenvalue weighted by molar-refractivity contribution is 0.282. The molecule has 1 saturated carbocycles. The van der Waals surface area contributed by atoms with Crippen LogP contribution in [0, 0.1) is 17.8 Å². The number of halogens is 1. The molecule has 1 aliphatic carbocycles. The van der Waals surface area contributed by atoms with Gasteiger partial charge in [0.1, 0.15) is 5.75 Å². The van der Waals surface area contributed by atoms with Gasteiger partial charge >= 0.3 is 0 Å². The second kappa shape index (κ2) is 8.03. The van der Waals surface area contributed by atoms with E-state index in [1.54, 1.807) is 18.6 Å². The van der Waals surface area contributed by atoms with Crippen LogP contribution in [0.25, 0.3) is 5.57 Å². The van der Waals surface area contributed by atoms with E-state index >= 15 is 0 Å². The van der Waals surface area contributed by atoms with Gasteiger partial charge in [0.05, 0.1) is 42.2 Å². The summed E-state index contributed by atoms with van der Waals surface area (Å²) in [6.45, 7) is 3.49. The molecule has 2 fully saturated rings. The first kappa shape index (κ1) is 20.7. The highest BCUT2D eigenvalue weighted by Crippen LogP contribution is 2.52. The molecule has 0 amide bonds. The molecule has 8 nitrogen and oxygen atoms in total. The highest BCUT2D eigenvalue weighted by molar-refractivity contribution is 7.88. The summed E-state index contributed by atoms with van der Waals surface area (Å²) < 4.78 is 30.7. The molecule has 0 radical (unpaired) electrons. The second-order valence-corrected chi connectivity index (χ2v) is 10.8. The lowest BCUT2D eigenvalue weighted by Gasteiger charge is -2.23. The van der Waals surface area contributed by atoms with Gasteiger partial charge in [0.15, 0.2) is 0 Å². The Morgan fingerprint density at radius 1 is 1.13 bits per heavy atom. The fourth-order valence-electron chi connectivity index (χ4n) is 4.56. The number of nitrogens with zero attached hydrogens (tertiary/aromatic N) is 5. The molecule has 0 N–H and O–H groups in total. The zero-order valence-corrected chi connectivity index (χ0v) is 18.8. The Bertz CT molecular complexity index is 1080. The van der Waals surface area contributed by atoms with Gasteiger partial charge in [0.2, 0.25) is 16.0 Å².